The van der Waals surface area contributed by atoms with E-state index in [0.29, 0.717) is 18.8 Å². The molecule has 0 aromatic rings. The quantitative estimate of drug-likeness (QED) is 0.694. The van der Waals surface area contributed by atoms with E-state index in [4.69, 9.17) is 5.11 Å². The lowest BCUT2D eigenvalue weighted by molar-refractivity contribution is -0.143. The number of carboxylic acids is 1. The average molecular weight is 393 g/mol. The van der Waals surface area contributed by atoms with Crippen molar-refractivity contribution in [3.05, 3.63) is 0 Å². The van der Waals surface area contributed by atoms with Crippen molar-refractivity contribution in [1.29, 1.82) is 0 Å². The molecule has 0 aromatic carbocycles. The Morgan fingerprint density at radius 3 is 2.25 bits per heavy atom. The molecule has 0 spiro atoms. The number of carbonyl (C=O) groups excluding carboxylic acids is 2. The topological polar surface area (TPSA) is 86.7 Å². The first-order chi connectivity index (χ1) is 13.5. The maximum Gasteiger partial charge on any atom is 0.303 e. The van der Waals surface area contributed by atoms with Crippen LogP contribution in [0.3, 0.4) is 0 Å². The van der Waals surface area contributed by atoms with Crippen molar-refractivity contribution >= 4 is 17.8 Å². The predicted octanol–water partition coefficient (Wildman–Crippen LogP) is 3.49. The summed E-state index contributed by atoms with van der Waals surface area (Å²) in [4.78, 5) is 38.2. The molecular weight excluding hydrogens is 356 g/mol. The number of nitrogens with zero attached hydrogens (tertiary/aromatic N) is 1. The molecule has 3 rings (SSSR count). The van der Waals surface area contributed by atoms with Crippen molar-refractivity contribution in [1.82, 2.24) is 10.2 Å². The molecule has 1 unspecified atom stereocenters. The van der Waals surface area contributed by atoms with E-state index in [1.165, 1.54) is 25.7 Å². The fourth-order valence-corrected chi connectivity index (χ4v) is 5.36. The summed E-state index contributed by atoms with van der Waals surface area (Å²) in [5.74, 6) is 0.220. The maximum absolute atomic E-state index is 13.1. The van der Waals surface area contributed by atoms with Crippen molar-refractivity contribution in [2.24, 2.45) is 11.8 Å². The molecule has 6 nitrogen and oxygen atoms in total. The van der Waals surface area contributed by atoms with E-state index in [1.807, 2.05) is 4.90 Å². The van der Waals surface area contributed by atoms with Gasteiger partial charge >= 0.3 is 5.97 Å². The Kier molecular flexibility index (Phi) is 7.74. The van der Waals surface area contributed by atoms with Crippen molar-refractivity contribution < 1.29 is 19.5 Å². The molecule has 1 heterocycles. The Morgan fingerprint density at radius 1 is 0.893 bits per heavy atom. The van der Waals surface area contributed by atoms with Crippen LogP contribution in [0, 0.1) is 11.8 Å². The van der Waals surface area contributed by atoms with Crippen LogP contribution in [0.1, 0.15) is 89.9 Å². The standard InChI is InChI=1S/C22H36N2O4/c25-20(15-16-5-1-2-6-16)23-18-10-8-17(9-11-18)22(28)24-14-4-3-7-19(24)12-13-21(26)27/h16-19H,1-15H2,(H,23,25)(H,26,27). The van der Waals surface area contributed by atoms with Gasteiger partial charge in [-0.3, -0.25) is 14.4 Å². The molecule has 0 aromatic heterocycles. The second kappa shape index (κ2) is 10.3. The van der Waals surface area contributed by atoms with Crippen molar-refractivity contribution in [3.63, 3.8) is 0 Å². The summed E-state index contributed by atoms with van der Waals surface area (Å²) >= 11 is 0. The lowest BCUT2D eigenvalue weighted by Gasteiger charge is -2.39. The van der Waals surface area contributed by atoms with Gasteiger partial charge in [-0.25, -0.2) is 0 Å². The summed E-state index contributed by atoms with van der Waals surface area (Å²) < 4.78 is 0. The number of hydrogen-bond donors (Lipinski definition) is 2. The molecule has 0 radical (unpaired) electrons. The highest BCUT2D eigenvalue weighted by molar-refractivity contribution is 5.80. The largest absolute Gasteiger partial charge is 0.481 e. The third kappa shape index (κ3) is 5.95. The highest BCUT2D eigenvalue weighted by Crippen LogP contribution is 2.31. The zero-order valence-corrected chi connectivity index (χ0v) is 17.0. The van der Waals surface area contributed by atoms with Crippen molar-refractivity contribution in [2.45, 2.75) is 102 Å². The van der Waals surface area contributed by atoms with Gasteiger partial charge in [-0.1, -0.05) is 12.8 Å². The second-order valence-electron chi connectivity index (χ2n) is 9.08. The fraction of sp³-hybridized carbons (Fsp3) is 0.864. The third-order valence-electron chi connectivity index (χ3n) is 6.99. The molecule has 1 atom stereocenters. The Labute approximate surface area is 168 Å². The van der Waals surface area contributed by atoms with Gasteiger partial charge in [-0.15, -0.1) is 0 Å². The van der Waals surface area contributed by atoms with E-state index in [-0.39, 0.29) is 36.2 Å². The Balaban J connectivity index is 1.43. The van der Waals surface area contributed by atoms with E-state index in [1.54, 1.807) is 0 Å². The van der Waals surface area contributed by atoms with E-state index in [2.05, 4.69) is 5.32 Å². The van der Waals surface area contributed by atoms with Crippen LogP contribution in [-0.4, -0.2) is 46.4 Å². The molecule has 2 amide bonds. The smallest absolute Gasteiger partial charge is 0.303 e. The molecular formula is C22H36N2O4. The normalized spacial score (nSPS) is 28.9. The molecule has 3 fully saturated rings. The minimum absolute atomic E-state index is 0.0356. The number of nitrogens with one attached hydrogen (secondary N) is 1. The third-order valence-corrected chi connectivity index (χ3v) is 6.99. The summed E-state index contributed by atoms with van der Waals surface area (Å²) in [6.45, 7) is 0.765. The lowest BCUT2D eigenvalue weighted by Crippen LogP contribution is -2.48. The maximum atomic E-state index is 13.1. The molecule has 2 saturated carbocycles. The van der Waals surface area contributed by atoms with Gasteiger partial charge in [0.2, 0.25) is 11.8 Å². The van der Waals surface area contributed by atoms with Crippen LogP contribution in [0.4, 0.5) is 0 Å². The number of carbonyl (C=O) groups is 3. The van der Waals surface area contributed by atoms with E-state index >= 15 is 0 Å². The summed E-state index contributed by atoms with van der Waals surface area (Å²) in [5, 5.41) is 12.2. The number of aliphatic carboxylic acids is 1. The Morgan fingerprint density at radius 2 is 1.57 bits per heavy atom. The van der Waals surface area contributed by atoms with Gasteiger partial charge in [0.15, 0.2) is 0 Å². The van der Waals surface area contributed by atoms with Crippen molar-refractivity contribution in [2.75, 3.05) is 6.54 Å². The number of likely N-dealkylation sites (tertiary alicyclic amines) is 1. The number of hydrogen-bond acceptors (Lipinski definition) is 3. The highest BCUT2D eigenvalue weighted by atomic mass is 16.4. The van der Waals surface area contributed by atoms with Gasteiger partial charge in [0.25, 0.3) is 0 Å². The molecule has 28 heavy (non-hydrogen) atoms. The van der Waals surface area contributed by atoms with E-state index in [9.17, 15) is 14.4 Å². The van der Waals surface area contributed by atoms with Crippen LogP contribution >= 0.6 is 0 Å². The predicted molar refractivity (Wildman–Crippen MR) is 107 cm³/mol. The first-order valence-electron chi connectivity index (χ1n) is 11.3. The summed E-state index contributed by atoms with van der Waals surface area (Å²) in [5.41, 5.74) is 0. The van der Waals surface area contributed by atoms with Gasteiger partial charge in [0.05, 0.1) is 0 Å². The fourth-order valence-electron chi connectivity index (χ4n) is 5.36. The monoisotopic (exact) mass is 392 g/mol. The molecule has 1 aliphatic heterocycles. The lowest BCUT2D eigenvalue weighted by atomic mass is 9.84. The summed E-state index contributed by atoms with van der Waals surface area (Å²) in [6.07, 6.45) is 12.7. The molecule has 2 aliphatic carbocycles. The van der Waals surface area contributed by atoms with Crippen LogP contribution in [0.2, 0.25) is 0 Å². The van der Waals surface area contributed by atoms with Crippen LogP contribution < -0.4 is 5.32 Å². The first kappa shape index (κ1) is 21.1. The number of rotatable bonds is 7. The molecule has 2 N–H and O–H groups in total. The molecule has 1 saturated heterocycles. The highest BCUT2D eigenvalue weighted by Gasteiger charge is 2.34. The van der Waals surface area contributed by atoms with Gasteiger partial charge in [-0.2, -0.15) is 0 Å². The second-order valence-corrected chi connectivity index (χ2v) is 9.08. The average Bonchev–Trinajstić information content (AvgIpc) is 3.19. The molecule has 3 aliphatic rings. The van der Waals surface area contributed by atoms with Gasteiger partial charge in [0.1, 0.15) is 0 Å². The molecule has 6 heteroatoms. The van der Waals surface area contributed by atoms with Crippen LogP contribution in [0.15, 0.2) is 0 Å². The first-order valence-corrected chi connectivity index (χ1v) is 11.3. The minimum Gasteiger partial charge on any atom is -0.481 e. The Bertz CT molecular complexity index is 551. The summed E-state index contributed by atoms with van der Waals surface area (Å²) in [7, 11) is 0. The minimum atomic E-state index is -0.785. The number of amides is 2. The van der Waals surface area contributed by atoms with Gasteiger partial charge in [-0.05, 0) is 70.1 Å². The number of piperidine rings is 1. The van der Waals surface area contributed by atoms with Crippen molar-refractivity contribution in [3.8, 4) is 0 Å². The zero-order valence-electron chi connectivity index (χ0n) is 17.0. The van der Waals surface area contributed by atoms with Crippen LogP contribution in [0.5, 0.6) is 0 Å². The van der Waals surface area contributed by atoms with Crippen LogP contribution in [0.25, 0.3) is 0 Å². The van der Waals surface area contributed by atoms with Gasteiger partial charge < -0.3 is 15.3 Å². The van der Waals surface area contributed by atoms with E-state index < -0.39 is 5.97 Å². The van der Waals surface area contributed by atoms with Crippen LogP contribution in [-0.2, 0) is 14.4 Å². The zero-order chi connectivity index (χ0) is 19.9. The molecule has 158 valence electrons. The van der Waals surface area contributed by atoms with Gasteiger partial charge in [0, 0.05) is 37.4 Å². The van der Waals surface area contributed by atoms with E-state index in [0.717, 1.165) is 51.5 Å². The number of carboxylic acid groups (broad SMARTS) is 1. The summed E-state index contributed by atoms with van der Waals surface area (Å²) in [6, 6.07) is 0.295. The Hall–Kier alpha value is -1.59. The molecule has 0 bridgehead atoms. The SMILES string of the molecule is O=C(O)CCC1CCCCN1C(=O)C1CCC(NC(=O)CC2CCCC2)CC1.